The predicted octanol–water partition coefficient (Wildman–Crippen LogP) is 2.49. The van der Waals surface area contributed by atoms with Gasteiger partial charge in [-0.05, 0) is 49.5 Å². The van der Waals surface area contributed by atoms with Gasteiger partial charge in [-0.2, -0.15) is 0 Å². The van der Waals surface area contributed by atoms with Crippen LogP contribution >= 0.6 is 11.6 Å². The lowest BCUT2D eigenvalue weighted by molar-refractivity contribution is 0.328. The van der Waals surface area contributed by atoms with Gasteiger partial charge in [0, 0.05) is 5.02 Å². The number of rotatable bonds is 3. The zero-order valence-electron chi connectivity index (χ0n) is 7.59. The Bertz CT molecular complexity index is 264. The molecule has 0 aromatic heterocycles. The largest absolute Gasteiger partial charge is 0.316 e. The molecule has 1 saturated heterocycles. The molecule has 0 radical (unpaired) electrons. The SMILES string of the molecule is Clc1ccc(CCC2CNC2)cc1. The van der Waals surface area contributed by atoms with Gasteiger partial charge in [0.05, 0.1) is 0 Å². The van der Waals surface area contributed by atoms with E-state index in [1.54, 1.807) is 0 Å². The molecule has 2 heteroatoms. The van der Waals surface area contributed by atoms with E-state index in [2.05, 4.69) is 17.4 Å². The van der Waals surface area contributed by atoms with Crippen LogP contribution in [-0.4, -0.2) is 13.1 Å². The molecule has 0 amide bonds. The third-order valence-corrected chi connectivity index (χ3v) is 2.87. The van der Waals surface area contributed by atoms with Crippen molar-refractivity contribution in [3.8, 4) is 0 Å². The van der Waals surface area contributed by atoms with Gasteiger partial charge in [-0.15, -0.1) is 0 Å². The second-order valence-corrected chi connectivity index (χ2v) is 4.13. The molecule has 1 aromatic carbocycles. The molecule has 2 rings (SSSR count). The first-order valence-electron chi connectivity index (χ1n) is 4.80. The highest BCUT2D eigenvalue weighted by atomic mass is 35.5. The molecule has 0 atom stereocenters. The summed E-state index contributed by atoms with van der Waals surface area (Å²) in [5, 5.41) is 4.11. The maximum Gasteiger partial charge on any atom is 0.0406 e. The molecule has 0 saturated carbocycles. The van der Waals surface area contributed by atoms with E-state index in [0.29, 0.717) is 0 Å². The van der Waals surface area contributed by atoms with Gasteiger partial charge < -0.3 is 5.32 Å². The van der Waals surface area contributed by atoms with Crippen molar-refractivity contribution in [2.75, 3.05) is 13.1 Å². The van der Waals surface area contributed by atoms with E-state index >= 15 is 0 Å². The fourth-order valence-electron chi connectivity index (χ4n) is 1.57. The van der Waals surface area contributed by atoms with Crippen LogP contribution in [-0.2, 0) is 6.42 Å². The summed E-state index contributed by atoms with van der Waals surface area (Å²) in [4.78, 5) is 0. The summed E-state index contributed by atoms with van der Waals surface area (Å²) in [5.74, 6) is 0.899. The zero-order valence-corrected chi connectivity index (χ0v) is 8.35. The highest BCUT2D eigenvalue weighted by Crippen LogP contribution is 2.15. The number of hydrogen-bond acceptors (Lipinski definition) is 1. The van der Waals surface area contributed by atoms with Crippen molar-refractivity contribution in [3.63, 3.8) is 0 Å². The number of benzene rings is 1. The summed E-state index contributed by atoms with van der Waals surface area (Å²) in [5.41, 5.74) is 1.40. The summed E-state index contributed by atoms with van der Waals surface area (Å²) in [6.07, 6.45) is 2.48. The first-order valence-corrected chi connectivity index (χ1v) is 5.17. The Hall–Kier alpha value is -0.530. The predicted molar refractivity (Wildman–Crippen MR) is 56.1 cm³/mol. The lowest BCUT2D eigenvalue weighted by atomic mass is 9.95. The van der Waals surface area contributed by atoms with Crippen LogP contribution in [0.15, 0.2) is 24.3 Å². The highest BCUT2D eigenvalue weighted by Gasteiger charge is 2.15. The minimum absolute atomic E-state index is 0.828. The molecule has 0 spiro atoms. The van der Waals surface area contributed by atoms with Crippen LogP contribution in [0, 0.1) is 5.92 Å². The molecule has 0 unspecified atom stereocenters. The molecular weight excluding hydrogens is 182 g/mol. The second kappa shape index (κ2) is 4.12. The summed E-state index contributed by atoms with van der Waals surface area (Å²) < 4.78 is 0. The summed E-state index contributed by atoms with van der Waals surface area (Å²) in [7, 11) is 0. The Labute approximate surface area is 84.1 Å². The van der Waals surface area contributed by atoms with Crippen LogP contribution in [0.3, 0.4) is 0 Å². The fraction of sp³-hybridized carbons (Fsp3) is 0.455. The Morgan fingerprint density at radius 2 is 1.92 bits per heavy atom. The normalized spacial score (nSPS) is 17.0. The standard InChI is InChI=1S/C11H14ClN/c12-11-5-3-9(4-6-11)1-2-10-7-13-8-10/h3-6,10,13H,1-2,7-8H2. The van der Waals surface area contributed by atoms with Gasteiger partial charge in [0.25, 0.3) is 0 Å². The molecule has 1 fully saturated rings. The van der Waals surface area contributed by atoms with Gasteiger partial charge in [-0.1, -0.05) is 23.7 Å². The van der Waals surface area contributed by atoms with Crippen molar-refractivity contribution < 1.29 is 0 Å². The monoisotopic (exact) mass is 195 g/mol. The van der Waals surface area contributed by atoms with E-state index < -0.39 is 0 Å². The number of nitrogens with one attached hydrogen (secondary N) is 1. The molecule has 13 heavy (non-hydrogen) atoms. The average molecular weight is 196 g/mol. The molecule has 1 aromatic rings. The van der Waals surface area contributed by atoms with E-state index in [9.17, 15) is 0 Å². The molecule has 1 nitrogen and oxygen atoms in total. The molecule has 1 aliphatic heterocycles. The van der Waals surface area contributed by atoms with Crippen molar-refractivity contribution in [2.45, 2.75) is 12.8 Å². The van der Waals surface area contributed by atoms with Crippen LogP contribution < -0.4 is 5.32 Å². The van der Waals surface area contributed by atoms with E-state index in [4.69, 9.17) is 11.6 Å². The van der Waals surface area contributed by atoms with Gasteiger partial charge in [0.15, 0.2) is 0 Å². The third kappa shape index (κ3) is 2.45. The lowest BCUT2D eigenvalue weighted by Gasteiger charge is -2.26. The van der Waals surface area contributed by atoms with Gasteiger partial charge in [-0.25, -0.2) is 0 Å². The maximum absolute atomic E-state index is 5.80. The number of hydrogen-bond donors (Lipinski definition) is 1. The molecule has 1 N–H and O–H groups in total. The fourth-order valence-corrected chi connectivity index (χ4v) is 1.70. The molecule has 1 heterocycles. The van der Waals surface area contributed by atoms with Gasteiger partial charge >= 0.3 is 0 Å². The highest BCUT2D eigenvalue weighted by molar-refractivity contribution is 6.30. The van der Waals surface area contributed by atoms with Crippen molar-refractivity contribution in [2.24, 2.45) is 5.92 Å². The maximum atomic E-state index is 5.80. The quantitative estimate of drug-likeness (QED) is 0.782. The topological polar surface area (TPSA) is 12.0 Å². The summed E-state index contributed by atoms with van der Waals surface area (Å²) >= 11 is 5.80. The van der Waals surface area contributed by atoms with Crippen molar-refractivity contribution in [1.29, 1.82) is 0 Å². The van der Waals surface area contributed by atoms with Crippen LogP contribution in [0.5, 0.6) is 0 Å². The van der Waals surface area contributed by atoms with Crippen LogP contribution in [0.2, 0.25) is 5.02 Å². The first kappa shape index (κ1) is 9.04. The van der Waals surface area contributed by atoms with E-state index in [0.717, 1.165) is 10.9 Å². The second-order valence-electron chi connectivity index (χ2n) is 3.69. The zero-order chi connectivity index (χ0) is 9.10. The van der Waals surface area contributed by atoms with Crippen molar-refractivity contribution in [1.82, 2.24) is 5.32 Å². The van der Waals surface area contributed by atoms with E-state index in [1.807, 2.05) is 12.1 Å². The Morgan fingerprint density at radius 1 is 1.23 bits per heavy atom. The van der Waals surface area contributed by atoms with Crippen LogP contribution in [0.4, 0.5) is 0 Å². The first-order chi connectivity index (χ1) is 6.34. The Morgan fingerprint density at radius 3 is 2.46 bits per heavy atom. The minimum Gasteiger partial charge on any atom is -0.316 e. The van der Waals surface area contributed by atoms with E-state index in [-0.39, 0.29) is 0 Å². The molecular formula is C11H14ClN. The molecule has 0 bridgehead atoms. The number of halogens is 1. The van der Waals surface area contributed by atoms with E-state index in [1.165, 1.54) is 31.5 Å². The average Bonchev–Trinajstić information content (AvgIpc) is 2.05. The van der Waals surface area contributed by atoms with Gasteiger partial charge in [0.1, 0.15) is 0 Å². The summed E-state index contributed by atoms with van der Waals surface area (Å²) in [6, 6.07) is 8.18. The van der Waals surface area contributed by atoms with Gasteiger partial charge in [-0.3, -0.25) is 0 Å². The lowest BCUT2D eigenvalue weighted by Crippen LogP contribution is -2.42. The molecule has 70 valence electrons. The molecule has 0 aliphatic carbocycles. The smallest absolute Gasteiger partial charge is 0.0406 e. The minimum atomic E-state index is 0.828. The van der Waals surface area contributed by atoms with Gasteiger partial charge in [0.2, 0.25) is 0 Å². The number of aryl methyl sites for hydroxylation is 1. The summed E-state index contributed by atoms with van der Waals surface area (Å²) in [6.45, 7) is 2.40. The van der Waals surface area contributed by atoms with Crippen molar-refractivity contribution in [3.05, 3.63) is 34.9 Å². The Kier molecular flexibility index (Phi) is 2.87. The van der Waals surface area contributed by atoms with Crippen LogP contribution in [0.25, 0.3) is 0 Å². The molecule has 1 aliphatic rings. The van der Waals surface area contributed by atoms with Crippen LogP contribution in [0.1, 0.15) is 12.0 Å². The van der Waals surface area contributed by atoms with Crippen molar-refractivity contribution >= 4 is 11.6 Å². The third-order valence-electron chi connectivity index (χ3n) is 2.62. The Balaban J connectivity index is 1.83.